The van der Waals surface area contributed by atoms with E-state index in [4.69, 9.17) is 0 Å². The lowest BCUT2D eigenvalue weighted by atomic mass is 10.2. The molecule has 0 atom stereocenters. The van der Waals surface area contributed by atoms with Crippen molar-refractivity contribution in [3.63, 3.8) is 0 Å². The molecule has 1 heterocycles. The van der Waals surface area contributed by atoms with Crippen LogP contribution in [0.4, 0.5) is 5.69 Å². The first-order chi connectivity index (χ1) is 6.25. The summed E-state index contributed by atoms with van der Waals surface area (Å²) in [7, 11) is 1.97. The predicted molar refractivity (Wildman–Crippen MR) is 58.9 cm³/mol. The number of rotatable bonds is 2. The van der Waals surface area contributed by atoms with Crippen molar-refractivity contribution < 1.29 is 0 Å². The SMILES string of the molecule is C=CN(C)c1ccncc1C.CC. The zero-order valence-corrected chi connectivity index (χ0v) is 8.91. The standard InChI is InChI=1S/C9H12N2.C2H6/c1-4-11(3)9-5-6-10-7-8(9)2;1-2/h4-7H,1H2,2-3H3;1-2H3. The van der Waals surface area contributed by atoms with Gasteiger partial charge in [-0.2, -0.15) is 0 Å². The van der Waals surface area contributed by atoms with Crippen LogP contribution in [0.3, 0.4) is 0 Å². The third kappa shape index (κ3) is 3.28. The monoisotopic (exact) mass is 178 g/mol. The molecule has 0 unspecified atom stereocenters. The van der Waals surface area contributed by atoms with Crippen molar-refractivity contribution in [2.24, 2.45) is 0 Å². The van der Waals surface area contributed by atoms with Crippen molar-refractivity contribution in [3.05, 3.63) is 36.8 Å². The fourth-order valence-corrected chi connectivity index (χ4v) is 0.960. The van der Waals surface area contributed by atoms with Gasteiger partial charge in [0.15, 0.2) is 0 Å². The highest BCUT2D eigenvalue weighted by Crippen LogP contribution is 2.15. The molecule has 0 saturated heterocycles. The molecule has 2 nitrogen and oxygen atoms in total. The van der Waals surface area contributed by atoms with Gasteiger partial charge in [-0.1, -0.05) is 20.4 Å². The van der Waals surface area contributed by atoms with Crippen molar-refractivity contribution in [1.82, 2.24) is 4.98 Å². The van der Waals surface area contributed by atoms with Crippen LogP contribution in [0.15, 0.2) is 31.2 Å². The maximum absolute atomic E-state index is 4.00. The van der Waals surface area contributed by atoms with E-state index in [1.54, 1.807) is 12.4 Å². The molecular weight excluding hydrogens is 160 g/mol. The summed E-state index contributed by atoms with van der Waals surface area (Å²) in [5.41, 5.74) is 2.31. The van der Waals surface area contributed by atoms with Crippen LogP contribution in [0.2, 0.25) is 0 Å². The Hall–Kier alpha value is -1.31. The van der Waals surface area contributed by atoms with Gasteiger partial charge >= 0.3 is 0 Å². The van der Waals surface area contributed by atoms with E-state index >= 15 is 0 Å². The Morgan fingerprint density at radius 3 is 2.54 bits per heavy atom. The molecule has 0 amide bonds. The van der Waals surface area contributed by atoms with E-state index in [0.717, 1.165) is 11.3 Å². The minimum atomic E-state index is 1.15. The summed E-state index contributed by atoms with van der Waals surface area (Å²) in [5.74, 6) is 0. The van der Waals surface area contributed by atoms with Gasteiger partial charge in [0.2, 0.25) is 0 Å². The van der Waals surface area contributed by atoms with Gasteiger partial charge in [0.25, 0.3) is 0 Å². The van der Waals surface area contributed by atoms with Crippen LogP contribution in [0, 0.1) is 6.92 Å². The van der Waals surface area contributed by atoms with Crippen LogP contribution in [-0.2, 0) is 0 Å². The molecule has 0 radical (unpaired) electrons. The second kappa shape index (κ2) is 6.23. The van der Waals surface area contributed by atoms with Crippen LogP contribution >= 0.6 is 0 Å². The third-order valence-electron chi connectivity index (χ3n) is 1.64. The maximum Gasteiger partial charge on any atom is 0.0463 e. The number of hydrogen-bond acceptors (Lipinski definition) is 2. The fourth-order valence-electron chi connectivity index (χ4n) is 0.960. The highest BCUT2D eigenvalue weighted by molar-refractivity contribution is 5.52. The normalized spacial score (nSPS) is 8.31. The highest BCUT2D eigenvalue weighted by atomic mass is 15.1. The minimum Gasteiger partial charge on any atom is -0.351 e. The largest absolute Gasteiger partial charge is 0.351 e. The van der Waals surface area contributed by atoms with Gasteiger partial charge in [-0.15, -0.1) is 0 Å². The molecule has 0 aromatic carbocycles. The topological polar surface area (TPSA) is 16.1 Å². The van der Waals surface area contributed by atoms with Gasteiger partial charge in [0, 0.05) is 25.1 Å². The lowest BCUT2D eigenvalue weighted by molar-refractivity contribution is 1.15. The minimum absolute atomic E-state index is 1.15. The number of aryl methyl sites for hydroxylation is 1. The van der Waals surface area contributed by atoms with E-state index < -0.39 is 0 Å². The first-order valence-electron chi connectivity index (χ1n) is 4.51. The second-order valence-corrected chi connectivity index (χ2v) is 2.46. The first-order valence-corrected chi connectivity index (χ1v) is 4.51. The maximum atomic E-state index is 4.00. The van der Waals surface area contributed by atoms with Crippen LogP contribution < -0.4 is 4.90 Å². The van der Waals surface area contributed by atoms with Crippen molar-refractivity contribution in [1.29, 1.82) is 0 Å². The average Bonchev–Trinajstić information content (AvgIpc) is 2.20. The van der Waals surface area contributed by atoms with Gasteiger partial charge in [0.1, 0.15) is 0 Å². The second-order valence-electron chi connectivity index (χ2n) is 2.46. The molecule has 0 spiro atoms. The van der Waals surface area contributed by atoms with E-state index in [0.29, 0.717) is 0 Å². The van der Waals surface area contributed by atoms with Crippen molar-refractivity contribution >= 4 is 5.69 Å². The number of anilines is 1. The van der Waals surface area contributed by atoms with Crippen molar-refractivity contribution in [2.45, 2.75) is 20.8 Å². The Labute approximate surface area is 80.9 Å². The summed E-state index contributed by atoms with van der Waals surface area (Å²) < 4.78 is 0. The molecular formula is C11H18N2. The van der Waals surface area contributed by atoms with Gasteiger partial charge in [0.05, 0.1) is 0 Å². The Morgan fingerprint density at radius 1 is 1.46 bits per heavy atom. The Balaban J connectivity index is 0.000000671. The number of hydrogen-bond donors (Lipinski definition) is 0. The van der Waals surface area contributed by atoms with E-state index in [-0.39, 0.29) is 0 Å². The molecule has 1 rings (SSSR count). The summed E-state index contributed by atoms with van der Waals surface area (Å²) >= 11 is 0. The number of aromatic nitrogens is 1. The summed E-state index contributed by atoms with van der Waals surface area (Å²) in [6.07, 6.45) is 5.40. The van der Waals surface area contributed by atoms with Crippen LogP contribution in [0.1, 0.15) is 19.4 Å². The van der Waals surface area contributed by atoms with Crippen LogP contribution in [0.25, 0.3) is 0 Å². The quantitative estimate of drug-likeness (QED) is 0.692. The first kappa shape index (κ1) is 11.7. The van der Waals surface area contributed by atoms with Gasteiger partial charge in [-0.25, -0.2) is 0 Å². The lowest BCUT2D eigenvalue weighted by Gasteiger charge is -2.14. The Morgan fingerprint density at radius 2 is 2.08 bits per heavy atom. The molecule has 0 fully saturated rings. The van der Waals surface area contributed by atoms with Crippen LogP contribution in [0.5, 0.6) is 0 Å². The van der Waals surface area contributed by atoms with Gasteiger partial charge < -0.3 is 4.90 Å². The molecule has 0 saturated carbocycles. The summed E-state index contributed by atoms with van der Waals surface area (Å²) in [4.78, 5) is 5.97. The van der Waals surface area contributed by atoms with Crippen molar-refractivity contribution in [3.8, 4) is 0 Å². The summed E-state index contributed by atoms with van der Waals surface area (Å²) in [5, 5.41) is 0. The summed E-state index contributed by atoms with van der Waals surface area (Å²) in [6.45, 7) is 9.71. The number of pyridine rings is 1. The predicted octanol–water partition coefficient (Wildman–Crippen LogP) is 3.00. The van der Waals surface area contributed by atoms with E-state index in [1.807, 2.05) is 45.0 Å². The van der Waals surface area contributed by atoms with Gasteiger partial charge in [-0.3, -0.25) is 4.98 Å². The lowest BCUT2D eigenvalue weighted by Crippen LogP contribution is -2.08. The molecule has 0 aliphatic rings. The van der Waals surface area contributed by atoms with E-state index in [1.165, 1.54) is 0 Å². The van der Waals surface area contributed by atoms with E-state index in [9.17, 15) is 0 Å². The van der Waals surface area contributed by atoms with Crippen molar-refractivity contribution in [2.75, 3.05) is 11.9 Å². The molecule has 1 aromatic heterocycles. The molecule has 2 heteroatoms. The molecule has 0 bridgehead atoms. The zero-order chi connectivity index (χ0) is 10.3. The molecule has 0 aliphatic carbocycles. The highest BCUT2D eigenvalue weighted by Gasteiger charge is 1.98. The number of nitrogens with zero attached hydrogens (tertiary/aromatic N) is 2. The fraction of sp³-hybridized carbons (Fsp3) is 0.364. The van der Waals surface area contributed by atoms with Crippen LogP contribution in [-0.4, -0.2) is 12.0 Å². The smallest absolute Gasteiger partial charge is 0.0463 e. The molecule has 1 aromatic rings. The van der Waals surface area contributed by atoms with E-state index in [2.05, 4.69) is 11.6 Å². The molecule has 0 N–H and O–H groups in total. The average molecular weight is 178 g/mol. The summed E-state index contributed by atoms with van der Waals surface area (Å²) in [6, 6.07) is 1.97. The Bertz CT molecular complexity index is 256. The molecule has 72 valence electrons. The Kier molecular flexibility index (Phi) is 5.60. The molecule has 13 heavy (non-hydrogen) atoms. The zero-order valence-electron chi connectivity index (χ0n) is 8.91. The third-order valence-corrected chi connectivity index (χ3v) is 1.64. The van der Waals surface area contributed by atoms with Gasteiger partial charge in [-0.05, 0) is 24.8 Å². The molecule has 0 aliphatic heterocycles.